The van der Waals surface area contributed by atoms with Crippen molar-refractivity contribution < 1.29 is 19.1 Å². The predicted molar refractivity (Wildman–Crippen MR) is 120 cm³/mol. The topological polar surface area (TPSA) is 94.5 Å². The number of amides is 2. The summed E-state index contributed by atoms with van der Waals surface area (Å²) in [6.45, 7) is 2.84. The average Bonchev–Trinajstić information content (AvgIpc) is 3.57. The summed E-state index contributed by atoms with van der Waals surface area (Å²) in [6.07, 6.45) is 5.29. The second-order valence-electron chi connectivity index (χ2n) is 7.58. The zero-order valence-corrected chi connectivity index (χ0v) is 18.1. The molecule has 0 atom stereocenters. The molecule has 32 heavy (non-hydrogen) atoms. The third kappa shape index (κ3) is 5.08. The molecule has 166 valence electrons. The fourth-order valence-corrected chi connectivity index (χ4v) is 3.27. The van der Waals surface area contributed by atoms with Gasteiger partial charge in [0.05, 0.1) is 19.9 Å². The summed E-state index contributed by atoms with van der Waals surface area (Å²) in [6, 6.07) is 12.8. The summed E-state index contributed by atoms with van der Waals surface area (Å²) in [7, 11) is 1.59. The minimum atomic E-state index is -0.174. The van der Waals surface area contributed by atoms with Gasteiger partial charge in [0.15, 0.2) is 17.3 Å². The molecule has 0 radical (unpaired) electrons. The van der Waals surface area contributed by atoms with Crippen LogP contribution in [-0.2, 0) is 11.3 Å². The number of hydrogen-bond acceptors (Lipinski definition) is 5. The second kappa shape index (κ2) is 9.55. The Labute approximate surface area is 186 Å². The Balaban J connectivity index is 1.35. The molecule has 2 amide bonds. The third-order valence-electron chi connectivity index (χ3n) is 5.19. The van der Waals surface area contributed by atoms with Crippen LogP contribution in [0.5, 0.6) is 11.5 Å². The van der Waals surface area contributed by atoms with Crippen molar-refractivity contribution in [2.75, 3.05) is 19.0 Å². The number of benzene rings is 2. The number of nitrogens with one attached hydrogen (secondary N) is 2. The summed E-state index contributed by atoms with van der Waals surface area (Å²) < 4.78 is 12.7. The summed E-state index contributed by atoms with van der Waals surface area (Å²) in [5, 5.41) is 5.74. The molecule has 3 aromatic rings. The van der Waals surface area contributed by atoms with E-state index in [2.05, 4.69) is 15.6 Å². The number of aromatic nitrogens is 2. The van der Waals surface area contributed by atoms with E-state index in [1.807, 2.05) is 37.3 Å². The first-order chi connectivity index (χ1) is 15.6. The molecular formula is C24H26N4O4. The van der Waals surface area contributed by atoms with Gasteiger partial charge in [0.2, 0.25) is 5.91 Å². The van der Waals surface area contributed by atoms with Gasteiger partial charge in [-0.1, -0.05) is 6.07 Å². The molecule has 4 rings (SSSR count). The zero-order valence-electron chi connectivity index (χ0n) is 18.1. The van der Waals surface area contributed by atoms with Crippen LogP contribution in [0.3, 0.4) is 0 Å². The SMILES string of the molecule is CCOc1ccc(CNC(=O)c2ccc(-n3cnc(NC(=O)C4CC4)c3)cc2)cc1OC. The first kappa shape index (κ1) is 21.4. The van der Waals surface area contributed by atoms with Crippen LogP contribution in [0.4, 0.5) is 5.82 Å². The van der Waals surface area contributed by atoms with Crippen LogP contribution in [0.1, 0.15) is 35.7 Å². The molecule has 1 heterocycles. The van der Waals surface area contributed by atoms with E-state index in [0.29, 0.717) is 36.0 Å². The Bertz CT molecular complexity index is 1100. The van der Waals surface area contributed by atoms with Gasteiger partial charge in [0.25, 0.3) is 5.91 Å². The number of imidazole rings is 1. The minimum absolute atomic E-state index is 0.0208. The maximum atomic E-state index is 12.6. The van der Waals surface area contributed by atoms with Gasteiger partial charge in [0, 0.05) is 23.7 Å². The third-order valence-corrected chi connectivity index (χ3v) is 5.19. The van der Waals surface area contributed by atoms with Crippen LogP contribution in [0.25, 0.3) is 5.69 Å². The summed E-state index contributed by atoms with van der Waals surface area (Å²) >= 11 is 0. The number of rotatable bonds is 9. The summed E-state index contributed by atoms with van der Waals surface area (Å²) in [5.41, 5.74) is 2.31. The lowest BCUT2D eigenvalue weighted by Crippen LogP contribution is -2.22. The van der Waals surface area contributed by atoms with Gasteiger partial charge in [-0.15, -0.1) is 0 Å². The maximum absolute atomic E-state index is 12.6. The quantitative estimate of drug-likeness (QED) is 0.537. The minimum Gasteiger partial charge on any atom is -0.493 e. The lowest BCUT2D eigenvalue weighted by atomic mass is 10.1. The molecule has 1 aromatic heterocycles. The number of anilines is 1. The molecule has 0 spiro atoms. The number of ether oxygens (including phenoxy) is 2. The molecule has 1 fully saturated rings. The van der Waals surface area contributed by atoms with Crippen molar-refractivity contribution in [1.29, 1.82) is 0 Å². The standard InChI is InChI=1S/C24H26N4O4/c1-3-32-20-11-4-16(12-21(20)31-2)13-25-23(29)17-7-9-19(10-8-17)28-14-22(26-15-28)27-24(30)18-5-6-18/h4,7-12,14-15,18H,3,5-6,13H2,1-2H3,(H,25,29)(H,27,30). The Morgan fingerprint density at radius 1 is 1.12 bits per heavy atom. The van der Waals surface area contributed by atoms with Crippen LogP contribution in [0.15, 0.2) is 55.0 Å². The first-order valence-electron chi connectivity index (χ1n) is 10.6. The van der Waals surface area contributed by atoms with Gasteiger partial charge in [-0.05, 0) is 61.7 Å². The van der Waals surface area contributed by atoms with E-state index in [1.165, 1.54) is 0 Å². The number of carbonyl (C=O) groups excluding carboxylic acids is 2. The molecule has 2 N–H and O–H groups in total. The van der Waals surface area contributed by atoms with Gasteiger partial charge < -0.3 is 24.7 Å². The lowest BCUT2D eigenvalue weighted by molar-refractivity contribution is -0.117. The highest BCUT2D eigenvalue weighted by Gasteiger charge is 2.29. The molecule has 1 aliphatic rings. The van der Waals surface area contributed by atoms with Crippen LogP contribution >= 0.6 is 0 Å². The molecule has 1 aliphatic carbocycles. The molecule has 1 saturated carbocycles. The van der Waals surface area contributed by atoms with E-state index >= 15 is 0 Å². The fraction of sp³-hybridized carbons (Fsp3) is 0.292. The van der Waals surface area contributed by atoms with Crippen molar-refractivity contribution >= 4 is 17.6 Å². The highest BCUT2D eigenvalue weighted by molar-refractivity contribution is 5.94. The van der Waals surface area contributed by atoms with E-state index in [9.17, 15) is 9.59 Å². The summed E-state index contributed by atoms with van der Waals surface area (Å²) in [4.78, 5) is 28.6. The molecule has 0 aliphatic heterocycles. The molecule has 0 bridgehead atoms. The second-order valence-corrected chi connectivity index (χ2v) is 7.58. The number of hydrogen-bond donors (Lipinski definition) is 2. The monoisotopic (exact) mass is 434 g/mol. The molecule has 0 saturated heterocycles. The van der Waals surface area contributed by atoms with Crippen LogP contribution in [0, 0.1) is 5.92 Å². The highest BCUT2D eigenvalue weighted by atomic mass is 16.5. The van der Waals surface area contributed by atoms with Crippen LogP contribution in [-0.4, -0.2) is 35.1 Å². The van der Waals surface area contributed by atoms with E-state index in [0.717, 1.165) is 24.1 Å². The molecule has 0 unspecified atom stereocenters. The van der Waals surface area contributed by atoms with Gasteiger partial charge in [0.1, 0.15) is 6.33 Å². The van der Waals surface area contributed by atoms with Crippen molar-refractivity contribution in [3.8, 4) is 17.2 Å². The Morgan fingerprint density at radius 2 is 1.91 bits per heavy atom. The first-order valence-corrected chi connectivity index (χ1v) is 10.6. The van der Waals surface area contributed by atoms with Gasteiger partial charge in [-0.25, -0.2) is 4.98 Å². The Hall–Kier alpha value is -3.81. The van der Waals surface area contributed by atoms with Crippen molar-refractivity contribution in [2.45, 2.75) is 26.3 Å². The predicted octanol–water partition coefficient (Wildman–Crippen LogP) is 3.56. The highest BCUT2D eigenvalue weighted by Crippen LogP contribution is 2.30. The largest absolute Gasteiger partial charge is 0.493 e. The molecular weight excluding hydrogens is 408 g/mol. The molecule has 8 nitrogen and oxygen atoms in total. The van der Waals surface area contributed by atoms with Crippen molar-refractivity contribution in [2.24, 2.45) is 5.92 Å². The normalized spacial score (nSPS) is 12.8. The van der Waals surface area contributed by atoms with E-state index < -0.39 is 0 Å². The molecule has 8 heteroatoms. The zero-order chi connectivity index (χ0) is 22.5. The smallest absolute Gasteiger partial charge is 0.251 e. The maximum Gasteiger partial charge on any atom is 0.251 e. The van der Waals surface area contributed by atoms with Crippen molar-refractivity contribution in [3.63, 3.8) is 0 Å². The summed E-state index contributed by atoms with van der Waals surface area (Å²) in [5.74, 6) is 1.81. The number of nitrogens with zero attached hydrogens (tertiary/aromatic N) is 2. The molecule has 2 aromatic carbocycles. The van der Waals surface area contributed by atoms with Crippen molar-refractivity contribution in [3.05, 3.63) is 66.1 Å². The average molecular weight is 434 g/mol. The van der Waals surface area contributed by atoms with Crippen LogP contribution in [0.2, 0.25) is 0 Å². The van der Waals surface area contributed by atoms with Gasteiger partial charge in [-0.3, -0.25) is 9.59 Å². The lowest BCUT2D eigenvalue weighted by Gasteiger charge is -2.12. The van der Waals surface area contributed by atoms with Gasteiger partial charge in [-0.2, -0.15) is 0 Å². The number of methoxy groups -OCH3 is 1. The van der Waals surface area contributed by atoms with Gasteiger partial charge >= 0.3 is 0 Å². The van der Waals surface area contributed by atoms with Crippen LogP contribution < -0.4 is 20.1 Å². The van der Waals surface area contributed by atoms with E-state index in [1.54, 1.807) is 36.3 Å². The van der Waals surface area contributed by atoms with Crippen molar-refractivity contribution in [1.82, 2.24) is 14.9 Å². The van der Waals surface area contributed by atoms with E-state index in [4.69, 9.17) is 9.47 Å². The Morgan fingerprint density at radius 3 is 2.59 bits per heavy atom. The van der Waals surface area contributed by atoms with E-state index in [-0.39, 0.29) is 17.7 Å². The Kier molecular flexibility index (Phi) is 6.39. The number of carbonyl (C=O) groups is 2. The fourth-order valence-electron chi connectivity index (χ4n) is 3.27.